The van der Waals surface area contributed by atoms with Gasteiger partial charge in [0.1, 0.15) is 0 Å². The number of hydrogen-bond donors (Lipinski definition) is 0. The Hall–Kier alpha value is -6.64. The van der Waals surface area contributed by atoms with Crippen LogP contribution in [0.2, 0.25) is 0 Å². The first-order chi connectivity index (χ1) is 25.8. The maximum Gasteiger partial charge on any atom is 0.0462 e. The molecule has 0 unspecified atom stereocenters. The second-order valence-electron chi connectivity index (χ2n) is 13.0. The lowest BCUT2D eigenvalue weighted by Gasteiger charge is -2.29. The van der Waals surface area contributed by atoms with Gasteiger partial charge in [-0.15, -0.1) is 0 Å². The van der Waals surface area contributed by atoms with Crippen molar-refractivity contribution < 1.29 is 0 Å². The second kappa shape index (κ2) is 15.5. The van der Waals surface area contributed by atoms with Gasteiger partial charge in [0.05, 0.1) is 0 Å². The normalized spacial score (nSPS) is 12.6. The van der Waals surface area contributed by atoms with Gasteiger partial charge in [0.25, 0.3) is 0 Å². The molecule has 1 aliphatic carbocycles. The van der Waals surface area contributed by atoms with Crippen molar-refractivity contribution in [3.63, 3.8) is 0 Å². The van der Waals surface area contributed by atoms with E-state index in [9.17, 15) is 0 Å². The van der Waals surface area contributed by atoms with Crippen LogP contribution in [0.4, 0.5) is 28.4 Å². The highest BCUT2D eigenvalue weighted by molar-refractivity contribution is 5.79. The minimum Gasteiger partial charge on any atom is -0.314 e. The molecule has 2 heteroatoms. The molecule has 0 fully saturated rings. The van der Waals surface area contributed by atoms with E-state index in [-0.39, 0.29) is 0 Å². The van der Waals surface area contributed by atoms with Crippen LogP contribution in [0.15, 0.2) is 212 Å². The number of allylic oxidation sites excluding steroid dienone is 4. The fraction of sp³-hybridized carbons (Fsp3) is 0.0400. The van der Waals surface area contributed by atoms with Crippen molar-refractivity contribution in [1.82, 2.24) is 0 Å². The van der Waals surface area contributed by atoms with E-state index in [0.717, 1.165) is 29.9 Å². The molecular formula is C50H40N2. The summed E-state index contributed by atoms with van der Waals surface area (Å²) in [6.45, 7) is 0. The first-order valence-electron chi connectivity index (χ1n) is 18.0. The Labute approximate surface area is 307 Å². The van der Waals surface area contributed by atoms with Gasteiger partial charge in [-0.25, -0.2) is 0 Å². The summed E-state index contributed by atoms with van der Waals surface area (Å²) in [5, 5.41) is 0. The quantitative estimate of drug-likeness (QED) is 0.134. The lowest BCUT2D eigenvalue weighted by molar-refractivity contribution is 0.930. The van der Waals surface area contributed by atoms with Crippen LogP contribution in [0.1, 0.15) is 29.5 Å². The highest BCUT2D eigenvalue weighted by atomic mass is 15.2. The Bertz CT molecular complexity index is 2210. The maximum atomic E-state index is 2.37. The van der Waals surface area contributed by atoms with Gasteiger partial charge < -0.3 is 9.80 Å². The molecule has 0 saturated carbocycles. The zero-order valence-electron chi connectivity index (χ0n) is 29.1. The Kier molecular flexibility index (Phi) is 9.70. The van der Waals surface area contributed by atoms with Gasteiger partial charge in [0.15, 0.2) is 0 Å². The molecule has 250 valence electrons. The lowest BCUT2D eigenvalue weighted by atomic mass is 9.94. The molecule has 0 aromatic heterocycles. The fourth-order valence-corrected chi connectivity index (χ4v) is 6.88. The molecule has 0 spiro atoms. The Morgan fingerprint density at radius 3 is 1.08 bits per heavy atom. The Morgan fingerprint density at radius 2 is 0.673 bits per heavy atom. The first kappa shape index (κ1) is 32.6. The average molecular weight is 669 g/mol. The predicted octanol–water partition coefficient (Wildman–Crippen LogP) is 13.9. The monoisotopic (exact) mass is 668 g/mol. The van der Waals surface area contributed by atoms with E-state index in [0.29, 0.717) is 0 Å². The van der Waals surface area contributed by atoms with Gasteiger partial charge in [-0.3, -0.25) is 0 Å². The molecule has 0 amide bonds. The molecule has 52 heavy (non-hydrogen) atoms. The van der Waals surface area contributed by atoms with E-state index in [1.54, 1.807) is 0 Å². The number of benzene rings is 7. The van der Waals surface area contributed by atoms with Gasteiger partial charge in [0.2, 0.25) is 0 Å². The molecule has 1 aliphatic rings. The molecule has 2 nitrogen and oxygen atoms in total. The molecule has 0 bridgehead atoms. The minimum absolute atomic E-state index is 0.983. The zero-order valence-corrected chi connectivity index (χ0v) is 29.1. The summed E-state index contributed by atoms with van der Waals surface area (Å²) in [5.41, 5.74) is 14.5. The molecule has 8 rings (SSSR count). The van der Waals surface area contributed by atoms with Crippen LogP contribution in [0.25, 0.3) is 28.9 Å². The third-order valence-electron chi connectivity index (χ3n) is 9.59. The highest BCUT2D eigenvalue weighted by Gasteiger charge is 2.18. The van der Waals surface area contributed by atoms with E-state index in [2.05, 4.69) is 228 Å². The third kappa shape index (κ3) is 7.43. The summed E-state index contributed by atoms with van der Waals surface area (Å²) < 4.78 is 0. The molecule has 0 heterocycles. The molecular weight excluding hydrogens is 629 g/mol. The van der Waals surface area contributed by atoms with Crippen molar-refractivity contribution in [3.05, 3.63) is 229 Å². The number of anilines is 5. The van der Waals surface area contributed by atoms with Crippen LogP contribution in [0, 0.1) is 0 Å². The number of nitrogens with zero attached hydrogens (tertiary/aromatic N) is 2. The molecule has 0 N–H and O–H groups in total. The molecule has 0 saturated heterocycles. The van der Waals surface area contributed by atoms with Crippen LogP contribution in [0.5, 0.6) is 0 Å². The van der Waals surface area contributed by atoms with Crippen molar-refractivity contribution >= 4 is 46.2 Å². The lowest BCUT2D eigenvalue weighted by Crippen LogP contribution is -2.17. The number of hydrogen-bond acceptors (Lipinski definition) is 2. The van der Waals surface area contributed by atoms with E-state index < -0.39 is 0 Å². The standard InChI is InChI=1S/C50H40N2/c1-5-13-45(14-6-1)51(46-15-7-2-8-16-46)49-35-31-43(32-36-49)41-27-23-39(24-28-41)21-22-40-25-29-42(30-26-40)44-33-37-50(38-34-44)52(47-17-9-3-10-18-47)48-19-11-4-12-20-48/h1-33,35-37H,34,38H2/b22-21+. The van der Waals surface area contributed by atoms with Gasteiger partial charge >= 0.3 is 0 Å². The zero-order chi connectivity index (χ0) is 35.0. The summed E-state index contributed by atoms with van der Waals surface area (Å²) >= 11 is 0. The topological polar surface area (TPSA) is 6.48 Å². The van der Waals surface area contributed by atoms with Crippen LogP contribution in [-0.2, 0) is 0 Å². The van der Waals surface area contributed by atoms with Gasteiger partial charge in [-0.05, 0) is 113 Å². The summed E-state index contributed by atoms with van der Waals surface area (Å²) in [4.78, 5) is 4.66. The number of para-hydroxylation sites is 4. The second-order valence-corrected chi connectivity index (χ2v) is 13.0. The van der Waals surface area contributed by atoms with Crippen molar-refractivity contribution in [1.29, 1.82) is 0 Å². The molecule has 0 radical (unpaired) electrons. The predicted molar refractivity (Wildman–Crippen MR) is 222 cm³/mol. The smallest absolute Gasteiger partial charge is 0.0462 e. The van der Waals surface area contributed by atoms with Crippen LogP contribution >= 0.6 is 0 Å². The van der Waals surface area contributed by atoms with E-state index in [4.69, 9.17) is 0 Å². The largest absolute Gasteiger partial charge is 0.314 e. The first-order valence-corrected chi connectivity index (χ1v) is 18.0. The van der Waals surface area contributed by atoms with E-state index in [1.165, 1.54) is 50.5 Å². The number of rotatable bonds is 10. The van der Waals surface area contributed by atoms with Crippen LogP contribution in [0.3, 0.4) is 0 Å². The SMILES string of the molecule is C1=C(c2ccc(/C=C/c3ccc(-c4ccc(N(c5ccccc5)c5ccccc5)cc4)cc3)cc2)CCC(N(c2ccccc2)c2ccccc2)=C1. The van der Waals surface area contributed by atoms with Crippen molar-refractivity contribution in [3.8, 4) is 11.1 Å². The average Bonchev–Trinajstić information content (AvgIpc) is 3.23. The summed E-state index contributed by atoms with van der Waals surface area (Å²) in [6.07, 6.45) is 11.0. The molecule has 7 aromatic carbocycles. The summed E-state index contributed by atoms with van der Waals surface area (Å²) in [6, 6.07) is 68.9. The van der Waals surface area contributed by atoms with Crippen molar-refractivity contribution in [2.24, 2.45) is 0 Å². The van der Waals surface area contributed by atoms with E-state index >= 15 is 0 Å². The van der Waals surface area contributed by atoms with Gasteiger partial charge in [0, 0.05) is 34.1 Å². The molecule has 0 aliphatic heterocycles. The minimum atomic E-state index is 0.983. The highest BCUT2D eigenvalue weighted by Crippen LogP contribution is 2.37. The fourth-order valence-electron chi connectivity index (χ4n) is 6.88. The Balaban J connectivity index is 0.934. The Morgan fingerprint density at radius 1 is 0.308 bits per heavy atom. The summed E-state index contributed by atoms with van der Waals surface area (Å²) in [7, 11) is 0. The van der Waals surface area contributed by atoms with Crippen molar-refractivity contribution in [2.75, 3.05) is 9.80 Å². The third-order valence-corrected chi connectivity index (χ3v) is 9.59. The summed E-state index contributed by atoms with van der Waals surface area (Å²) in [5.74, 6) is 0. The molecule has 0 atom stereocenters. The van der Waals surface area contributed by atoms with E-state index in [1.807, 2.05) is 0 Å². The van der Waals surface area contributed by atoms with Crippen LogP contribution in [-0.4, -0.2) is 0 Å². The van der Waals surface area contributed by atoms with Crippen molar-refractivity contribution in [2.45, 2.75) is 12.8 Å². The van der Waals surface area contributed by atoms with Gasteiger partial charge in [-0.2, -0.15) is 0 Å². The maximum absolute atomic E-state index is 2.37. The van der Waals surface area contributed by atoms with Gasteiger partial charge in [-0.1, -0.05) is 152 Å². The molecule has 7 aromatic rings. The van der Waals surface area contributed by atoms with Crippen LogP contribution < -0.4 is 9.80 Å².